The normalized spacial score (nSPS) is 14.5. The topological polar surface area (TPSA) is 17.8 Å². The van der Waals surface area contributed by atoms with Crippen LogP contribution in [0.25, 0.3) is 71.6 Å². The molecule has 8 rings (SSSR count). The highest BCUT2D eigenvalue weighted by Crippen LogP contribution is 2.44. The first-order chi connectivity index (χ1) is 24.0. The smallest absolute Gasteiger partial charge is 0.111 e. The molecule has 0 fully saturated rings. The van der Waals surface area contributed by atoms with Crippen LogP contribution in [0.15, 0.2) is 152 Å². The van der Waals surface area contributed by atoms with Crippen LogP contribution in [-0.2, 0) is 0 Å². The minimum atomic E-state index is -2.40. The van der Waals surface area contributed by atoms with Crippen molar-refractivity contribution < 1.29 is 11.0 Å². The van der Waals surface area contributed by atoms with E-state index >= 15 is 0 Å². The first kappa shape index (κ1) is 17.4. The molecule has 0 saturated carbocycles. The quantitative estimate of drug-likeness (QED) is 0.202. The molecule has 0 aliphatic carbocycles. The molecule has 0 unspecified atom stereocenters. The highest BCUT2D eigenvalue weighted by atomic mass is 15.1. The highest BCUT2D eigenvalue weighted by Gasteiger charge is 2.17. The Hall–Kier alpha value is -5.47. The van der Waals surface area contributed by atoms with Gasteiger partial charge in [-0.3, -0.25) is 4.57 Å². The standard InChI is InChI=1S/C40H28N2/c1-27-41-37-20-9-10-21-38(37)42(27)32-24-22-29(23-25-32)39-33-16-5-7-18-35(33)40(36-19-8-6-17-34(36)39)31-15-11-14-30(26-31)28-12-3-2-4-13-28/h2-26H,1H3/i1D3,2D,3D,4D,12D,13D. The third kappa shape index (κ3) is 3.92. The highest BCUT2D eigenvalue weighted by molar-refractivity contribution is 6.21. The van der Waals surface area contributed by atoms with Gasteiger partial charge in [-0.05, 0) is 92.1 Å². The van der Waals surface area contributed by atoms with Crippen molar-refractivity contribution in [3.8, 4) is 39.1 Å². The molecule has 2 heteroatoms. The number of hydrogen-bond acceptors (Lipinski definition) is 1. The maximum Gasteiger partial charge on any atom is 0.111 e. The molecule has 0 radical (unpaired) electrons. The van der Waals surface area contributed by atoms with Crippen LogP contribution < -0.4 is 0 Å². The van der Waals surface area contributed by atoms with Gasteiger partial charge in [0, 0.05) is 9.80 Å². The van der Waals surface area contributed by atoms with E-state index in [0.717, 1.165) is 49.3 Å². The molecule has 0 N–H and O–H groups in total. The predicted molar refractivity (Wildman–Crippen MR) is 177 cm³/mol. The van der Waals surface area contributed by atoms with E-state index in [1.807, 2.05) is 91.0 Å². The Balaban J connectivity index is 1.33. The number of aryl methyl sites for hydroxylation is 1. The number of rotatable bonds is 4. The second-order valence-corrected chi connectivity index (χ2v) is 10.2. The molecule has 1 heterocycles. The number of imidazole rings is 1. The average Bonchev–Trinajstić information content (AvgIpc) is 3.53. The van der Waals surface area contributed by atoms with Gasteiger partial charge in [0.1, 0.15) is 5.82 Å². The van der Waals surface area contributed by atoms with Gasteiger partial charge in [-0.1, -0.05) is 121 Å². The molecular formula is C40H28N2. The molecule has 0 spiro atoms. The van der Waals surface area contributed by atoms with Crippen molar-refractivity contribution in [2.75, 3.05) is 0 Å². The van der Waals surface area contributed by atoms with E-state index in [-0.39, 0.29) is 35.6 Å². The van der Waals surface area contributed by atoms with Gasteiger partial charge in [-0.15, -0.1) is 0 Å². The maximum absolute atomic E-state index is 8.57. The van der Waals surface area contributed by atoms with Gasteiger partial charge < -0.3 is 0 Å². The van der Waals surface area contributed by atoms with E-state index < -0.39 is 12.9 Å². The van der Waals surface area contributed by atoms with Gasteiger partial charge in [0.2, 0.25) is 0 Å². The van der Waals surface area contributed by atoms with E-state index in [9.17, 15) is 0 Å². The minimum Gasteiger partial charge on any atom is -0.297 e. The number of para-hydroxylation sites is 2. The Kier molecular flexibility index (Phi) is 4.08. The number of nitrogens with zero attached hydrogens (tertiary/aromatic N) is 2. The largest absolute Gasteiger partial charge is 0.297 e. The summed E-state index contributed by atoms with van der Waals surface area (Å²) in [4.78, 5) is 4.46. The predicted octanol–water partition coefficient (Wildman–Crippen LogP) is 10.6. The Morgan fingerprint density at radius 1 is 0.548 bits per heavy atom. The van der Waals surface area contributed by atoms with Crippen molar-refractivity contribution in [2.24, 2.45) is 0 Å². The summed E-state index contributed by atoms with van der Waals surface area (Å²) >= 11 is 0. The van der Waals surface area contributed by atoms with Crippen LogP contribution in [0, 0.1) is 6.85 Å². The van der Waals surface area contributed by atoms with Gasteiger partial charge in [-0.25, -0.2) is 4.98 Å². The molecule has 42 heavy (non-hydrogen) atoms. The molecular weight excluding hydrogens is 508 g/mol. The molecule has 0 saturated heterocycles. The van der Waals surface area contributed by atoms with Crippen molar-refractivity contribution in [3.05, 3.63) is 157 Å². The summed E-state index contributed by atoms with van der Waals surface area (Å²) in [5.41, 5.74) is 6.55. The van der Waals surface area contributed by atoms with Crippen molar-refractivity contribution >= 4 is 32.6 Å². The molecule has 7 aromatic carbocycles. The molecule has 198 valence electrons. The lowest BCUT2D eigenvalue weighted by Gasteiger charge is -2.18. The number of aromatic nitrogens is 2. The Morgan fingerprint density at radius 3 is 1.81 bits per heavy atom. The summed E-state index contributed by atoms with van der Waals surface area (Å²) in [7, 11) is 0. The third-order valence-corrected chi connectivity index (χ3v) is 7.85. The summed E-state index contributed by atoms with van der Waals surface area (Å²) in [5, 5.41) is 4.01. The minimum absolute atomic E-state index is 0.0116. The number of hydrogen-bond donors (Lipinski definition) is 0. The Morgan fingerprint density at radius 2 is 1.14 bits per heavy atom. The zero-order valence-electron chi connectivity index (χ0n) is 30.4. The number of benzene rings is 7. The van der Waals surface area contributed by atoms with Crippen molar-refractivity contribution in [1.82, 2.24) is 9.55 Å². The average molecular weight is 545 g/mol. The molecule has 0 aliphatic heterocycles. The fraction of sp³-hybridized carbons (Fsp3) is 0.0250. The van der Waals surface area contributed by atoms with Crippen LogP contribution in [-0.4, -0.2) is 9.55 Å². The monoisotopic (exact) mass is 544 g/mol. The summed E-state index contributed by atoms with van der Waals surface area (Å²) in [6.07, 6.45) is 0. The molecule has 0 atom stereocenters. The van der Waals surface area contributed by atoms with Crippen LogP contribution in [0.2, 0.25) is 0 Å². The first-order valence-electron chi connectivity index (χ1n) is 17.7. The van der Waals surface area contributed by atoms with Crippen LogP contribution in [0.4, 0.5) is 0 Å². The third-order valence-electron chi connectivity index (χ3n) is 7.85. The molecule has 1 aromatic heterocycles. The lowest BCUT2D eigenvalue weighted by Crippen LogP contribution is -1.97. The summed E-state index contributed by atoms with van der Waals surface area (Å²) < 4.78 is 67.8. The fourth-order valence-corrected chi connectivity index (χ4v) is 6.04. The van der Waals surface area contributed by atoms with Crippen molar-refractivity contribution in [3.63, 3.8) is 0 Å². The molecule has 0 amide bonds. The van der Waals surface area contributed by atoms with E-state index in [0.29, 0.717) is 16.8 Å². The van der Waals surface area contributed by atoms with Crippen LogP contribution >= 0.6 is 0 Å². The fourth-order valence-electron chi connectivity index (χ4n) is 6.04. The molecule has 0 aliphatic rings. The lowest BCUT2D eigenvalue weighted by molar-refractivity contribution is 1.00. The summed E-state index contributed by atoms with van der Waals surface area (Å²) in [6.45, 7) is -2.40. The molecule has 2 nitrogen and oxygen atoms in total. The Labute approximate surface area is 256 Å². The lowest BCUT2D eigenvalue weighted by atomic mass is 9.85. The summed E-state index contributed by atoms with van der Waals surface area (Å²) in [5.74, 6) is 0.0116. The number of fused-ring (bicyclic) bond motifs is 3. The van der Waals surface area contributed by atoms with Gasteiger partial charge in [0.05, 0.1) is 17.9 Å². The van der Waals surface area contributed by atoms with E-state index in [4.69, 9.17) is 11.0 Å². The van der Waals surface area contributed by atoms with Crippen LogP contribution in [0.3, 0.4) is 0 Å². The van der Waals surface area contributed by atoms with Crippen molar-refractivity contribution in [1.29, 1.82) is 0 Å². The van der Waals surface area contributed by atoms with Gasteiger partial charge in [0.15, 0.2) is 0 Å². The van der Waals surface area contributed by atoms with E-state index in [1.54, 1.807) is 10.6 Å². The Bertz CT molecular complexity index is 2550. The zero-order valence-corrected chi connectivity index (χ0v) is 22.4. The second kappa shape index (κ2) is 9.87. The van der Waals surface area contributed by atoms with Gasteiger partial charge in [-0.2, -0.15) is 0 Å². The van der Waals surface area contributed by atoms with Crippen LogP contribution in [0.1, 0.15) is 16.8 Å². The van der Waals surface area contributed by atoms with E-state index in [2.05, 4.69) is 29.2 Å². The van der Waals surface area contributed by atoms with Crippen molar-refractivity contribution in [2.45, 2.75) is 6.85 Å². The SMILES string of the molecule is [2H]c1c([2H])c([2H])c(-c2cccc(-c3c4ccccc4c(-c4ccc(-n5c(C([2H])([2H])[2H])nc6ccccc65)cc4)c4ccccc34)c2)c([2H])c1[2H]. The zero-order chi connectivity index (χ0) is 34.9. The van der Waals surface area contributed by atoms with Gasteiger partial charge in [0.25, 0.3) is 0 Å². The molecule has 8 aromatic rings. The first-order valence-corrected chi connectivity index (χ1v) is 13.7. The molecule has 0 bridgehead atoms. The van der Waals surface area contributed by atoms with Crippen LogP contribution in [0.5, 0.6) is 0 Å². The van der Waals surface area contributed by atoms with Gasteiger partial charge >= 0.3 is 0 Å². The second-order valence-electron chi connectivity index (χ2n) is 10.2. The van der Waals surface area contributed by atoms with E-state index in [1.165, 1.54) is 0 Å². The summed E-state index contributed by atoms with van der Waals surface area (Å²) in [6, 6.07) is 37.5. The maximum atomic E-state index is 8.57.